The molecule has 0 spiro atoms. The van der Waals surface area contributed by atoms with E-state index >= 15 is 0 Å². The summed E-state index contributed by atoms with van der Waals surface area (Å²) in [5, 5.41) is 3.05. The number of esters is 1. The zero-order chi connectivity index (χ0) is 56.4. The highest BCUT2D eigenvalue weighted by molar-refractivity contribution is 7.47. The molecule has 2 N–H and O–H groups in total. The molecule has 0 aliphatic carbocycles. The van der Waals surface area contributed by atoms with Crippen LogP contribution in [0.15, 0.2) is 85.1 Å². The highest BCUT2D eigenvalue weighted by Crippen LogP contribution is 2.43. The summed E-state index contributed by atoms with van der Waals surface area (Å²) in [6, 6.07) is -0.856. The Labute approximate surface area is 476 Å². The van der Waals surface area contributed by atoms with E-state index in [-0.39, 0.29) is 31.5 Å². The number of carbonyl (C=O) groups excluding carboxylic acids is 2. The van der Waals surface area contributed by atoms with Crippen molar-refractivity contribution in [3.8, 4) is 0 Å². The predicted octanol–water partition coefficient (Wildman–Crippen LogP) is 19.8. The standard InChI is InChI=1S/C67H121N2O7P/c1-7-10-13-16-19-22-25-27-29-30-31-32-33-34-35-36-37-38-40-42-45-48-51-54-57-60-67(71)76-65(58-55-52-49-46-43-24-21-18-15-12-9-3)64(63-75-77(72,73)74-62-61-69(4,5)6)68-66(70)59-56-53-50-47-44-41-39-28-26-23-20-17-14-11-8-2/h10,13,19,22-23,26-27,29,31-32,34-35,55,58,64-65H,7-9,11-12,14-18,20-21,24-25,28,30,33,36-54,56-57,59-63H2,1-6H3,(H-,68,70,72,73)/p+1/b13-10-,22-19-,26-23-,29-27-,32-31-,35-34-,58-55-. The molecule has 0 fully saturated rings. The van der Waals surface area contributed by atoms with Crippen LogP contribution >= 0.6 is 7.82 Å². The molecule has 3 atom stereocenters. The molecule has 0 aromatic rings. The molecule has 0 saturated carbocycles. The predicted molar refractivity (Wildman–Crippen MR) is 332 cm³/mol. The van der Waals surface area contributed by atoms with E-state index in [1.807, 2.05) is 33.3 Å². The van der Waals surface area contributed by atoms with Crippen LogP contribution < -0.4 is 5.32 Å². The topological polar surface area (TPSA) is 111 Å². The Morgan fingerprint density at radius 2 is 0.831 bits per heavy atom. The third-order valence-corrected chi connectivity index (χ3v) is 14.8. The van der Waals surface area contributed by atoms with Gasteiger partial charge in [0, 0.05) is 12.8 Å². The van der Waals surface area contributed by atoms with Gasteiger partial charge in [0.1, 0.15) is 19.3 Å². The Bertz CT molecular complexity index is 1590. The summed E-state index contributed by atoms with van der Waals surface area (Å²) >= 11 is 0. The van der Waals surface area contributed by atoms with Crippen molar-refractivity contribution in [2.24, 2.45) is 0 Å². The Morgan fingerprint density at radius 1 is 0.468 bits per heavy atom. The number of hydrogen-bond acceptors (Lipinski definition) is 6. The fourth-order valence-electron chi connectivity index (χ4n) is 8.90. The average molecular weight is 1100 g/mol. The normalized spacial score (nSPS) is 14.2. The maximum atomic E-state index is 13.5. The number of nitrogens with one attached hydrogen (secondary N) is 1. The molecule has 0 aromatic heterocycles. The van der Waals surface area contributed by atoms with Gasteiger partial charge in [-0.05, 0) is 102 Å². The number of quaternary nitrogens is 1. The van der Waals surface area contributed by atoms with Crippen molar-refractivity contribution in [2.75, 3.05) is 40.9 Å². The van der Waals surface area contributed by atoms with Crippen LogP contribution in [0.5, 0.6) is 0 Å². The molecule has 77 heavy (non-hydrogen) atoms. The SMILES string of the molecule is CC/C=C\C/C=C\C/C=C\C/C=C\C/C=C\CCCCCCCCCCCC(=O)OC(/C=C\CCCCCCCCCCC)C(COP(=O)(O)OCC[N+](C)(C)C)NC(=O)CCCCCCCCC/C=C\CCCCCC. The Balaban J connectivity index is 5.13. The summed E-state index contributed by atoms with van der Waals surface area (Å²) in [5.41, 5.74) is 0. The fourth-order valence-corrected chi connectivity index (χ4v) is 9.64. The first-order valence-corrected chi connectivity index (χ1v) is 33.4. The second kappa shape index (κ2) is 56.5. The maximum absolute atomic E-state index is 13.5. The molecule has 0 aliphatic heterocycles. The number of ether oxygens (including phenoxy) is 1. The van der Waals surface area contributed by atoms with Gasteiger partial charge in [-0.1, -0.05) is 247 Å². The smallest absolute Gasteiger partial charge is 0.456 e. The van der Waals surface area contributed by atoms with Gasteiger partial charge in [0.25, 0.3) is 0 Å². The molecule has 0 heterocycles. The van der Waals surface area contributed by atoms with E-state index < -0.39 is 20.0 Å². The number of allylic oxidation sites excluding steroid dienone is 13. The average Bonchev–Trinajstić information content (AvgIpc) is 3.39. The molecule has 0 rings (SSSR count). The zero-order valence-electron chi connectivity index (χ0n) is 50.9. The van der Waals surface area contributed by atoms with Crippen molar-refractivity contribution in [3.05, 3.63) is 85.1 Å². The molecule has 0 bridgehead atoms. The number of rotatable bonds is 57. The largest absolute Gasteiger partial charge is 0.472 e. The minimum atomic E-state index is -4.45. The van der Waals surface area contributed by atoms with Crippen LogP contribution in [0.4, 0.5) is 0 Å². The van der Waals surface area contributed by atoms with Crippen LogP contribution in [-0.4, -0.2) is 74.3 Å². The van der Waals surface area contributed by atoms with Crippen LogP contribution in [0, 0.1) is 0 Å². The number of phosphoric ester groups is 1. The van der Waals surface area contributed by atoms with Gasteiger partial charge in [-0.15, -0.1) is 0 Å². The third-order valence-electron chi connectivity index (χ3n) is 13.8. The summed E-state index contributed by atoms with van der Waals surface area (Å²) < 4.78 is 30.7. The van der Waals surface area contributed by atoms with E-state index in [9.17, 15) is 19.0 Å². The van der Waals surface area contributed by atoms with Gasteiger partial charge in [0.2, 0.25) is 5.91 Å². The highest BCUT2D eigenvalue weighted by atomic mass is 31.2. The molecule has 10 heteroatoms. The lowest BCUT2D eigenvalue weighted by molar-refractivity contribution is -0.870. The fraction of sp³-hybridized carbons (Fsp3) is 0.761. The Kier molecular flexibility index (Phi) is 54.4. The summed E-state index contributed by atoms with van der Waals surface area (Å²) in [6.45, 7) is 6.88. The van der Waals surface area contributed by atoms with E-state index in [4.69, 9.17) is 13.8 Å². The quantitative estimate of drug-likeness (QED) is 0.0205. The summed E-state index contributed by atoms with van der Waals surface area (Å²) in [5.74, 6) is -0.517. The first-order chi connectivity index (χ1) is 37.4. The lowest BCUT2D eigenvalue weighted by atomic mass is 10.0. The molecule has 9 nitrogen and oxygen atoms in total. The first kappa shape index (κ1) is 74.2. The number of nitrogens with zero attached hydrogens (tertiary/aromatic N) is 1. The van der Waals surface area contributed by atoms with Crippen molar-refractivity contribution in [1.82, 2.24) is 5.32 Å². The van der Waals surface area contributed by atoms with Gasteiger partial charge in [-0.2, -0.15) is 0 Å². The molecule has 0 radical (unpaired) electrons. The van der Waals surface area contributed by atoms with E-state index in [0.29, 0.717) is 17.4 Å². The molecular formula is C67H122N2O7P+. The third kappa shape index (κ3) is 57.7. The van der Waals surface area contributed by atoms with Gasteiger partial charge < -0.3 is 19.4 Å². The van der Waals surface area contributed by atoms with Gasteiger partial charge >= 0.3 is 13.8 Å². The molecular weight excluding hydrogens is 976 g/mol. The van der Waals surface area contributed by atoms with Crippen molar-refractivity contribution in [1.29, 1.82) is 0 Å². The Morgan fingerprint density at radius 3 is 1.27 bits per heavy atom. The number of hydrogen-bond donors (Lipinski definition) is 2. The number of amides is 1. The second-order valence-corrected chi connectivity index (χ2v) is 24.0. The molecule has 0 aliphatic rings. The van der Waals surface area contributed by atoms with Crippen LogP contribution in [0.3, 0.4) is 0 Å². The summed E-state index contributed by atoms with van der Waals surface area (Å²) in [7, 11) is 1.48. The lowest BCUT2D eigenvalue weighted by Crippen LogP contribution is -2.47. The van der Waals surface area contributed by atoms with Crippen LogP contribution in [0.1, 0.15) is 278 Å². The van der Waals surface area contributed by atoms with Gasteiger partial charge in [-0.25, -0.2) is 4.57 Å². The minimum Gasteiger partial charge on any atom is -0.456 e. The summed E-state index contributed by atoms with van der Waals surface area (Å²) in [4.78, 5) is 37.7. The molecule has 446 valence electrons. The van der Waals surface area contributed by atoms with Crippen molar-refractivity contribution in [2.45, 2.75) is 290 Å². The molecule has 3 unspecified atom stereocenters. The van der Waals surface area contributed by atoms with Crippen molar-refractivity contribution in [3.63, 3.8) is 0 Å². The minimum absolute atomic E-state index is 0.0357. The number of carbonyl (C=O) groups is 2. The van der Waals surface area contributed by atoms with Gasteiger partial charge in [-0.3, -0.25) is 18.6 Å². The van der Waals surface area contributed by atoms with Gasteiger partial charge in [0.05, 0.1) is 33.8 Å². The summed E-state index contributed by atoms with van der Waals surface area (Å²) in [6.07, 6.45) is 74.4. The lowest BCUT2D eigenvalue weighted by Gasteiger charge is -2.27. The van der Waals surface area contributed by atoms with E-state index in [1.54, 1.807) is 0 Å². The number of phosphoric acid groups is 1. The van der Waals surface area contributed by atoms with E-state index in [0.717, 1.165) is 116 Å². The van der Waals surface area contributed by atoms with E-state index in [2.05, 4.69) is 99.0 Å². The Hall–Kier alpha value is -2.81. The molecule has 0 saturated heterocycles. The van der Waals surface area contributed by atoms with Gasteiger partial charge in [0.15, 0.2) is 0 Å². The second-order valence-electron chi connectivity index (χ2n) is 22.5. The number of unbranched alkanes of at least 4 members (excludes halogenated alkanes) is 29. The zero-order valence-corrected chi connectivity index (χ0v) is 51.8. The maximum Gasteiger partial charge on any atom is 0.472 e. The van der Waals surface area contributed by atoms with Crippen LogP contribution in [0.25, 0.3) is 0 Å². The van der Waals surface area contributed by atoms with E-state index in [1.165, 1.54) is 128 Å². The highest BCUT2D eigenvalue weighted by Gasteiger charge is 2.30. The molecule has 1 amide bonds. The first-order valence-electron chi connectivity index (χ1n) is 31.9. The monoisotopic (exact) mass is 1100 g/mol. The number of likely N-dealkylation sites (N-methyl/N-ethyl adjacent to an activating group) is 1. The van der Waals surface area contributed by atoms with Crippen LogP contribution in [-0.2, 0) is 27.9 Å². The molecule has 0 aromatic carbocycles. The van der Waals surface area contributed by atoms with Crippen molar-refractivity contribution >= 4 is 19.7 Å². The van der Waals surface area contributed by atoms with Crippen LogP contribution in [0.2, 0.25) is 0 Å². The van der Waals surface area contributed by atoms with Crippen molar-refractivity contribution < 1.29 is 37.3 Å².